The first-order valence-electron chi connectivity index (χ1n) is 11.1. The summed E-state index contributed by atoms with van der Waals surface area (Å²) in [5.74, 6) is 2.94. The van der Waals surface area contributed by atoms with Crippen LogP contribution in [0.2, 0.25) is 0 Å². The van der Waals surface area contributed by atoms with Gasteiger partial charge in [-0.05, 0) is 93.8 Å². The fraction of sp³-hybridized carbons (Fsp3) is 0.913. The van der Waals surface area contributed by atoms with E-state index in [1.165, 1.54) is 52.1 Å². The van der Waals surface area contributed by atoms with Gasteiger partial charge in [0.05, 0.1) is 6.10 Å². The lowest BCUT2D eigenvalue weighted by Gasteiger charge is -2.43. The van der Waals surface area contributed by atoms with E-state index in [0.29, 0.717) is 12.3 Å². The SMILES string of the molecule is C=CCCC1CCC(C2CCC(C3CCC(OC)C(F)C3F)CC2)CC1. The van der Waals surface area contributed by atoms with Gasteiger partial charge < -0.3 is 4.74 Å². The molecule has 0 saturated heterocycles. The predicted octanol–water partition coefficient (Wildman–Crippen LogP) is 6.67. The van der Waals surface area contributed by atoms with Crippen molar-refractivity contribution in [2.75, 3.05) is 7.11 Å². The summed E-state index contributed by atoms with van der Waals surface area (Å²) >= 11 is 0. The largest absolute Gasteiger partial charge is 0.378 e. The quantitative estimate of drug-likeness (QED) is 0.476. The van der Waals surface area contributed by atoms with Gasteiger partial charge in [0.15, 0.2) is 6.17 Å². The molecule has 0 heterocycles. The molecule has 3 aliphatic rings. The molecule has 150 valence electrons. The lowest BCUT2D eigenvalue weighted by molar-refractivity contribution is -0.0729. The van der Waals surface area contributed by atoms with Gasteiger partial charge in [0.25, 0.3) is 0 Å². The molecule has 0 bridgehead atoms. The molecule has 1 nitrogen and oxygen atoms in total. The molecule has 0 N–H and O–H groups in total. The number of ether oxygens (including phenoxy) is 1. The van der Waals surface area contributed by atoms with Crippen LogP contribution in [0.3, 0.4) is 0 Å². The van der Waals surface area contributed by atoms with Crippen molar-refractivity contribution in [2.45, 2.75) is 95.5 Å². The average molecular weight is 369 g/mol. The zero-order chi connectivity index (χ0) is 18.5. The van der Waals surface area contributed by atoms with Crippen LogP contribution in [0, 0.1) is 29.6 Å². The van der Waals surface area contributed by atoms with Crippen LogP contribution in [0.25, 0.3) is 0 Å². The molecule has 3 heteroatoms. The van der Waals surface area contributed by atoms with Gasteiger partial charge in [-0.2, -0.15) is 0 Å². The van der Waals surface area contributed by atoms with Crippen molar-refractivity contribution >= 4 is 0 Å². The normalized spacial score (nSPS) is 44.6. The van der Waals surface area contributed by atoms with Crippen molar-refractivity contribution in [1.82, 2.24) is 0 Å². The summed E-state index contributed by atoms with van der Waals surface area (Å²) in [6.07, 6.45) is 12.9. The molecule has 3 saturated carbocycles. The minimum absolute atomic E-state index is 0.0769. The van der Waals surface area contributed by atoms with Crippen LogP contribution >= 0.6 is 0 Å². The third-order valence-corrected chi connectivity index (χ3v) is 7.91. The van der Waals surface area contributed by atoms with Crippen molar-refractivity contribution in [2.24, 2.45) is 29.6 Å². The van der Waals surface area contributed by atoms with Gasteiger partial charge in [0.1, 0.15) is 6.17 Å². The monoisotopic (exact) mass is 368 g/mol. The molecule has 3 fully saturated rings. The molecule has 3 aliphatic carbocycles. The van der Waals surface area contributed by atoms with Gasteiger partial charge in [0, 0.05) is 7.11 Å². The smallest absolute Gasteiger partial charge is 0.157 e. The standard InChI is InChI=1S/C23H38F2O/c1-3-4-5-16-6-8-17(9-7-16)18-10-12-19(13-11-18)20-14-15-21(26-2)23(25)22(20)24/h3,16-23H,1,4-15H2,2H3. The molecule has 0 aromatic heterocycles. The Bertz CT molecular complexity index is 424. The molecular formula is C23H38F2O. The summed E-state index contributed by atoms with van der Waals surface area (Å²) < 4.78 is 33.9. The Labute approximate surface area is 159 Å². The van der Waals surface area contributed by atoms with Crippen molar-refractivity contribution in [3.63, 3.8) is 0 Å². The van der Waals surface area contributed by atoms with E-state index in [1.54, 1.807) is 0 Å². The van der Waals surface area contributed by atoms with Crippen molar-refractivity contribution < 1.29 is 13.5 Å². The highest BCUT2D eigenvalue weighted by Gasteiger charge is 2.44. The van der Waals surface area contributed by atoms with Gasteiger partial charge in [0.2, 0.25) is 0 Å². The third-order valence-electron chi connectivity index (χ3n) is 7.91. The molecule has 3 rings (SSSR count). The Morgan fingerprint density at radius 2 is 1.38 bits per heavy atom. The predicted molar refractivity (Wildman–Crippen MR) is 104 cm³/mol. The Kier molecular flexibility index (Phi) is 7.54. The number of methoxy groups -OCH3 is 1. The number of rotatable bonds is 6. The van der Waals surface area contributed by atoms with E-state index in [-0.39, 0.29) is 5.92 Å². The Balaban J connectivity index is 1.43. The molecule has 26 heavy (non-hydrogen) atoms. The summed E-state index contributed by atoms with van der Waals surface area (Å²) in [5.41, 5.74) is 0. The highest BCUT2D eigenvalue weighted by molar-refractivity contribution is 4.93. The van der Waals surface area contributed by atoms with Gasteiger partial charge in [-0.15, -0.1) is 6.58 Å². The van der Waals surface area contributed by atoms with Gasteiger partial charge in [-0.1, -0.05) is 18.9 Å². The lowest BCUT2D eigenvalue weighted by atomic mass is 9.65. The number of alkyl halides is 2. The second-order valence-corrected chi connectivity index (χ2v) is 9.23. The maximum atomic E-state index is 14.6. The van der Waals surface area contributed by atoms with Crippen LogP contribution in [-0.4, -0.2) is 25.6 Å². The molecule has 0 aromatic carbocycles. The van der Waals surface area contributed by atoms with Crippen LogP contribution in [0.1, 0.15) is 77.0 Å². The molecule has 4 unspecified atom stereocenters. The number of hydrogen-bond acceptors (Lipinski definition) is 1. The first kappa shape index (κ1) is 20.3. The lowest BCUT2D eigenvalue weighted by Crippen LogP contribution is -2.45. The van der Waals surface area contributed by atoms with Crippen molar-refractivity contribution in [1.29, 1.82) is 0 Å². The molecule has 0 spiro atoms. The summed E-state index contributed by atoms with van der Waals surface area (Å²) in [7, 11) is 1.50. The van der Waals surface area contributed by atoms with Crippen LogP contribution in [0.4, 0.5) is 8.78 Å². The Morgan fingerprint density at radius 3 is 1.96 bits per heavy atom. The number of allylic oxidation sites excluding steroid dienone is 1. The van der Waals surface area contributed by atoms with Crippen LogP contribution in [-0.2, 0) is 4.74 Å². The van der Waals surface area contributed by atoms with E-state index in [0.717, 1.165) is 43.4 Å². The zero-order valence-electron chi connectivity index (χ0n) is 16.6. The average Bonchev–Trinajstić information content (AvgIpc) is 2.69. The van der Waals surface area contributed by atoms with E-state index in [9.17, 15) is 8.78 Å². The van der Waals surface area contributed by atoms with Crippen LogP contribution in [0.15, 0.2) is 12.7 Å². The van der Waals surface area contributed by atoms with E-state index in [2.05, 4.69) is 6.58 Å². The van der Waals surface area contributed by atoms with Gasteiger partial charge >= 0.3 is 0 Å². The topological polar surface area (TPSA) is 9.23 Å². The van der Waals surface area contributed by atoms with Crippen molar-refractivity contribution in [3.05, 3.63) is 12.7 Å². The fourth-order valence-electron chi connectivity index (χ4n) is 6.21. The second kappa shape index (κ2) is 9.66. The second-order valence-electron chi connectivity index (χ2n) is 9.23. The summed E-state index contributed by atoms with van der Waals surface area (Å²) in [6.45, 7) is 3.84. The van der Waals surface area contributed by atoms with E-state index < -0.39 is 18.4 Å². The minimum Gasteiger partial charge on any atom is -0.378 e. The van der Waals surface area contributed by atoms with E-state index in [4.69, 9.17) is 4.74 Å². The van der Waals surface area contributed by atoms with E-state index in [1.807, 2.05) is 6.08 Å². The molecule has 4 atom stereocenters. The van der Waals surface area contributed by atoms with Gasteiger partial charge in [-0.25, -0.2) is 8.78 Å². The summed E-state index contributed by atoms with van der Waals surface area (Å²) in [6, 6.07) is 0. The van der Waals surface area contributed by atoms with Crippen LogP contribution in [0.5, 0.6) is 0 Å². The summed E-state index contributed by atoms with van der Waals surface area (Å²) in [5, 5.41) is 0. The first-order chi connectivity index (χ1) is 12.6. The fourth-order valence-corrected chi connectivity index (χ4v) is 6.21. The maximum Gasteiger partial charge on any atom is 0.157 e. The Morgan fingerprint density at radius 1 is 0.808 bits per heavy atom. The zero-order valence-corrected chi connectivity index (χ0v) is 16.6. The first-order valence-corrected chi connectivity index (χ1v) is 11.1. The summed E-state index contributed by atoms with van der Waals surface area (Å²) in [4.78, 5) is 0. The highest BCUT2D eigenvalue weighted by Crippen LogP contribution is 2.46. The van der Waals surface area contributed by atoms with Crippen LogP contribution < -0.4 is 0 Å². The Hall–Kier alpha value is -0.440. The molecule has 0 radical (unpaired) electrons. The number of halogens is 2. The maximum absolute atomic E-state index is 14.6. The highest BCUT2D eigenvalue weighted by atomic mass is 19.2. The number of hydrogen-bond donors (Lipinski definition) is 0. The third kappa shape index (κ3) is 4.69. The molecule has 0 aromatic rings. The van der Waals surface area contributed by atoms with Crippen molar-refractivity contribution in [3.8, 4) is 0 Å². The van der Waals surface area contributed by atoms with Gasteiger partial charge in [-0.3, -0.25) is 0 Å². The molecule has 0 amide bonds. The molecule has 0 aliphatic heterocycles. The molecular weight excluding hydrogens is 330 g/mol. The van der Waals surface area contributed by atoms with E-state index >= 15 is 0 Å². The minimum atomic E-state index is -1.43.